The Morgan fingerprint density at radius 1 is 1.00 bits per heavy atom. The van der Waals surface area contributed by atoms with E-state index in [-0.39, 0.29) is 5.75 Å². The summed E-state index contributed by atoms with van der Waals surface area (Å²) in [6.45, 7) is 3.39. The molecule has 2 aliphatic rings. The molecular formula is C22H23F3NO. The number of likely N-dealkylation sites (tertiary alicyclic amines) is 1. The van der Waals surface area contributed by atoms with Crippen LogP contribution in [0, 0.1) is 24.2 Å². The van der Waals surface area contributed by atoms with Gasteiger partial charge in [0.2, 0.25) is 0 Å². The lowest BCUT2D eigenvalue weighted by atomic mass is 10.0. The highest BCUT2D eigenvalue weighted by molar-refractivity contribution is 5.33. The molecule has 1 saturated heterocycles. The average molecular weight is 374 g/mol. The van der Waals surface area contributed by atoms with Crippen molar-refractivity contribution in [2.75, 3.05) is 19.6 Å². The third kappa shape index (κ3) is 4.83. The van der Waals surface area contributed by atoms with E-state index >= 15 is 0 Å². The van der Waals surface area contributed by atoms with Crippen LogP contribution in [-0.2, 0) is 6.42 Å². The standard InChI is InChI=1S/C22H23F3NO/c23-22(24,25)27-18-8-4-7-17(13-18)9-10-19-20-14-26(15-21(19)20)12-11-16-5-2-1-3-6-16/h1-9,13,19-21H,10-12,14-15H2. The van der Waals surface area contributed by atoms with Crippen molar-refractivity contribution >= 4 is 0 Å². The zero-order valence-corrected chi connectivity index (χ0v) is 15.0. The maximum absolute atomic E-state index is 12.3. The van der Waals surface area contributed by atoms with Gasteiger partial charge in [-0.2, -0.15) is 0 Å². The summed E-state index contributed by atoms with van der Waals surface area (Å²) < 4.78 is 41.0. The molecule has 1 saturated carbocycles. The molecule has 0 aromatic heterocycles. The van der Waals surface area contributed by atoms with Gasteiger partial charge in [-0.25, -0.2) is 0 Å². The van der Waals surface area contributed by atoms with E-state index in [4.69, 9.17) is 0 Å². The number of ether oxygens (including phenoxy) is 1. The van der Waals surface area contributed by atoms with Crippen LogP contribution in [0.25, 0.3) is 0 Å². The SMILES string of the molecule is FC(F)(F)Oc1cccc([CH]CC2C3CN(CCc4ccccc4)CC23)c1. The van der Waals surface area contributed by atoms with Crippen LogP contribution in [0.15, 0.2) is 54.6 Å². The fraction of sp³-hybridized carbons (Fsp3) is 0.409. The topological polar surface area (TPSA) is 12.5 Å². The van der Waals surface area contributed by atoms with E-state index in [0.29, 0.717) is 5.92 Å². The number of alkyl halides is 3. The molecule has 1 radical (unpaired) electrons. The van der Waals surface area contributed by atoms with E-state index in [0.717, 1.165) is 49.9 Å². The quantitative estimate of drug-likeness (QED) is 0.680. The van der Waals surface area contributed by atoms with Crippen molar-refractivity contribution < 1.29 is 17.9 Å². The number of hydrogen-bond acceptors (Lipinski definition) is 2. The van der Waals surface area contributed by atoms with Crippen LogP contribution in [0.3, 0.4) is 0 Å². The summed E-state index contributed by atoms with van der Waals surface area (Å²) in [5, 5.41) is 0. The number of hydrogen-bond donors (Lipinski definition) is 0. The summed E-state index contributed by atoms with van der Waals surface area (Å²) in [4.78, 5) is 2.54. The Labute approximate surface area is 157 Å². The summed E-state index contributed by atoms with van der Waals surface area (Å²) in [5.41, 5.74) is 2.17. The molecule has 27 heavy (non-hydrogen) atoms. The van der Waals surface area contributed by atoms with E-state index in [1.165, 1.54) is 17.7 Å². The number of fused-ring (bicyclic) bond motifs is 1. The van der Waals surface area contributed by atoms with Crippen LogP contribution in [-0.4, -0.2) is 30.9 Å². The minimum atomic E-state index is -4.64. The Balaban J connectivity index is 1.20. The molecule has 4 rings (SSSR count). The highest BCUT2D eigenvalue weighted by Crippen LogP contribution is 2.54. The second-order valence-corrected chi connectivity index (χ2v) is 7.55. The molecule has 2 aromatic carbocycles. The smallest absolute Gasteiger partial charge is 0.406 e. The maximum atomic E-state index is 12.3. The zero-order valence-electron chi connectivity index (χ0n) is 15.0. The first-order chi connectivity index (χ1) is 13.0. The van der Waals surface area contributed by atoms with Gasteiger partial charge in [0, 0.05) is 19.6 Å². The Morgan fingerprint density at radius 3 is 2.44 bits per heavy atom. The van der Waals surface area contributed by atoms with Crippen molar-refractivity contribution in [2.45, 2.75) is 19.2 Å². The first-order valence-corrected chi connectivity index (χ1v) is 9.43. The van der Waals surface area contributed by atoms with Crippen LogP contribution in [0.1, 0.15) is 17.5 Å². The number of halogens is 3. The van der Waals surface area contributed by atoms with Gasteiger partial charge in [0.05, 0.1) is 0 Å². The molecule has 2 fully saturated rings. The Hall–Kier alpha value is -2.01. The second-order valence-electron chi connectivity index (χ2n) is 7.55. The van der Waals surface area contributed by atoms with Crippen LogP contribution < -0.4 is 4.74 Å². The molecule has 1 aliphatic carbocycles. The van der Waals surface area contributed by atoms with Crippen molar-refractivity contribution in [3.8, 4) is 5.75 Å². The van der Waals surface area contributed by atoms with Crippen LogP contribution >= 0.6 is 0 Å². The number of nitrogens with zero attached hydrogens (tertiary/aromatic N) is 1. The third-order valence-electron chi connectivity index (χ3n) is 5.72. The molecule has 2 atom stereocenters. The molecule has 143 valence electrons. The highest BCUT2D eigenvalue weighted by atomic mass is 19.4. The van der Waals surface area contributed by atoms with Gasteiger partial charge in [-0.1, -0.05) is 42.5 Å². The molecule has 0 spiro atoms. The summed E-state index contributed by atoms with van der Waals surface area (Å²) in [6, 6.07) is 16.8. The van der Waals surface area contributed by atoms with Crippen molar-refractivity contribution in [2.24, 2.45) is 17.8 Å². The van der Waals surface area contributed by atoms with Gasteiger partial charge < -0.3 is 9.64 Å². The van der Waals surface area contributed by atoms with Crippen molar-refractivity contribution in [1.82, 2.24) is 4.90 Å². The van der Waals surface area contributed by atoms with Crippen LogP contribution in [0.2, 0.25) is 0 Å². The molecule has 2 unspecified atom stereocenters. The summed E-state index contributed by atoms with van der Waals surface area (Å²) in [5.74, 6) is 2.00. The summed E-state index contributed by atoms with van der Waals surface area (Å²) in [7, 11) is 0. The summed E-state index contributed by atoms with van der Waals surface area (Å²) in [6.07, 6.45) is -0.587. The Bertz CT molecular complexity index is 750. The molecule has 0 amide bonds. The van der Waals surface area contributed by atoms with Gasteiger partial charge in [-0.15, -0.1) is 13.2 Å². The predicted molar refractivity (Wildman–Crippen MR) is 98.2 cm³/mol. The van der Waals surface area contributed by atoms with E-state index in [9.17, 15) is 13.2 Å². The van der Waals surface area contributed by atoms with Crippen LogP contribution in [0.4, 0.5) is 13.2 Å². The molecule has 5 heteroatoms. The molecule has 2 nitrogen and oxygen atoms in total. The lowest BCUT2D eigenvalue weighted by Gasteiger charge is -2.19. The maximum Gasteiger partial charge on any atom is 0.573 e. The fourth-order valence-corrected chi connectivity index (χ4v) is 4.31. The van der Waals surface area contributed by atoms with E-state index in [2.05, 4.69) is 33.9 Å². The fourth-order valence-electron chi connectivity index (χ4n) is 4.31. The van der Waals surface area contributed by atoms with Crippen molar-refractivity contribution in [1.29, 1.82) is 0 Å². The lowest BCUT2D eigenvalue weighted by Crippen LogP contribution is -2.26. The molecular weight excluding hydrogens is 351 g/mol. The first-order valence-electron chi connectivity index (χ1n) is 9.43. The molecule has 0 bridgehead atoms. The lowest BCUT2D eigenvalue weighted by molar-refractivity contribution is -0.274. The van der Waals surface area contributed by atoms with E-state index in [1.807, 2.05) is 18.6 Å². The van der Waals surface area contributed by atoms with Gasteiger partial charge in [0.25, 0.3) is 0 Å². The van der Waals surface area contributed by atoms with Gasteiger partial charge in [0.15, 0.2) is 0 Å². The molecule has 1 heterocycles. The summed E-state index contributed by atoms with van der Waals surface area (Å²) >= 11 is 0. The minimum absolute atomic E-state index is 0.153. The molecule has 2 aromatic rings. The van der Waals surface area contributed by atoms with Gasteiger partial charge in [0.1, 0.15) is 5.75 Å². The highest BCUT2D eigenvalue weighted by Gasteiger charge is 2.54. The van der Waals surface area contributed by atoms with Gasteiger partial charge in [-0.05, 0) is 60.3 Å². The second kappa shape index (κ2) is 7.55. The van der Waals surface area contributed by atoms with Crippen LogP contribution in [0.5, 0.6) is 5.75 Å². The number of rotatable bonds is 7. The molecule has 0 N–H and O–H groups in total. The number of benzene rings is 2. The largest absolute Gasteiger partial charge is 0.573 e. The molecule has 1 aliphatic heterocycles. The normalized spacial score (nSPS) is 24.6. The average Bonchev–Trinajstić information content (AvgIpc) is 3.08. The first kappa shape index (κ1) is 18.4. The van der Waals surface area contributed by atoms with E-state index < -0.39 is 6.36 Å². The monoisotopic (exact) mass is 374 g/mol. The van der Waals surface area contributed by atoms with Gasteiger partial charge in [-0.3, -0.25) is 0 Å². The van der Waals surface area contributed by atoms with Crippen molar-refractivity contribution in [3.63, 3.8) is 0 Å². The van der Waals surface area contributed by atoms with Gasteiger partial charge >= 0.3 is 6.36 Å². The number of piperidine rings is 1. The predicted octanol–water partition coefficient (Wildman–Crippen LogP) is 4.95. The minimum Gasteiger partial charge on any atom is -0.406 e. The van der Waals surface area contributed by atoms with E-state index in [1.54, 1.807) is 6.07 Å². The zero-order chi connectivity index (χ0) is 18.9. The van der Waals surface area contributed by atoms with Crippen molar-refractivity contribution in [3.05, 3.63) is 72.1 Å². The Kier molecular flexibility index (Phi) is 5.13. The Morgan fingerprint density at radius 2 is 1.74 bits per heavy atom. The third-order valence-corrected chi connectivity index (χ3v) is 5.72.